The standard InChI is InChI=1S/C20H42O4S/c1-3-5-6-7-8-9-10-11-12-13-14-15-17-20(25(22,23)24)18-19(21)16-4-2/h19-21H,3-18H2,1-2H3,(H,22,23,24). The molecule has 0 saturated carbocycles. The van der Waals surface area contributed by atoms with Gasteiger partial charge in [0.1, 0.15) is 0 Å². The predicted octanol–water partition coefficient (Wildman–Crippen LogP) is 5.89. The summed E-state index contributed by atoms with van der Waals surface area (Å²) in [6, 6.07) is 0. The van der Waals surface area contributed by atoms with Gasteiger partial charge in [0.2, 0.25) is 0 Å². The minimum atomic E-state index is -4.05. The molecule has 0 heterocycles. The third-order valence-electron chi connectivity index (χ3n) is 4.96. The van der Waals surface area contributed by atoms with Gasteiger partial charge in [-0.2, -0.15) is 8.42 Å². The summed E-state index contributed by atoms with van der Waals surface area (Å²) >= 11 is 0. The van der Waals surface area contributed by atoms with Crippen molar-refractivity contribution in [2.75, 3.05) is 0 Å². The van der Waals surface area contributed by atoms with E-state index in [1.165, 1.54) is 57.8 Å². The van der Waals surface area contributed by atoms with E-state index >= 15 is 0 Å². The van der Waals surface area contributed by atoms with Crippen LogP contribution in [0.15, 0.2) is 0 Å². The second-order valence-corrected chi connectivity index (χ2v) is 9.19. The van der Waals surface area contributed by atoms with Crippen molar-refractivity contribution in [2.45, 2.75) is 128 Å². The quantitative estimate of drug-likeness (QED) is 0.230. The Morgan fingerprint density at radius 2 is 1.12 bits per heavy atom. The average Bonchev–Trinajstić information content (AvgIpc) is 2.54. The van der Waals surface area contributed by atoms with Crippen LogP contribution in [-0.2, 0) is 10.1 Å². The van der Waals surface area contributed by atoms with Gasteiger partial charge in [-0.1, -0.05) is 97.3 Å². The number of rotatable bonds is 18. The molecule has 0 radical (unpaired) electrons. The molecular weight excluding hydrogens is 336 g/mol. The van der Waals surface area contributed by atoms with E-state index in [2.05, 4.69) is 6.92 Å². The van der Waals surface area contributed by atoms with Crippen molar-refractivity contribution in [3.8, 4) is 0 Å². The van der Waals surface area contributed by atoms with Gasteiger partial charge >= 0.3 is 0 Å². The number of aliphatic hydroxyl groups is 1. The molecule has 0 saturated heterocycles. The second kappa shape index (κ2) is 16.1. The van der Waals surface area contributed by atoms with Crippen LogP contribution in [0.3, 0.4) is 0 Å². The molecule has 0 aromatic rings. The van der Waals surface area contributed by atoms with Crippen LogP contribution in [0.25, 0.3) is 0 Å². The van der Waals surface area contributed by atoms with E-state index in [0.717, 1.165) is 25.7 Å². The molecule has 0 spiro atoms. The van der Waals surface area contributed by atoms with E-state index in [1.54, 1.807) is 0 Å². The molecule has 0 aromatic carbocycles. The summed E-state index contributed by atoms with van der Waals surface area (Å²) in [5.74, 6) is 0. The fraction of sp³-hybridized carbons (Fsp3) is 1.00. The van der Waals surface area contributed by atoms with Crippen molar-refractivity contribution >= 4 is 10.1 Å². The molecule has 2 unspecified atom stereocenters. The van der Waals surface area contributed by atoms with Gasteiger partial charge in [-0.05, 0) is 19.3 Å². The summed E-state index contributed by atoms with van der Waals surface area (Å²) in [6.45, 7) is 4.20. The molecule has 0 amide bonds. The second-order valence-electron chi connectivity index (χ2n) is 7.49. The molecule has 0 aliphatic rings. The lowest BCUT2D eigenvalue weighted by molar-refractivity contribution is 0.149. The van der Waals surface area contributed by atoms with Crippen LogP contribution in [0.4, 0.5) is 0 Å². The Morgan fingerprint density at radius 1 is 0.680 bits per heavy atom. The molecule has 0 bridgehead atoms. The van der Waals surface area contributed by atoms with Crippen LogP contribution in [0.2, 0.25) is 0 Å². The highest BCUT2D eigenvalue weighted by atomic mass is 32.2. The zero-order valence-electron chi connectivity index (χ0n) is 16.6. The Morgan fingerprint density at radius 3 is 1.52 bits per heavy atom. The van der Waals surface area contributed by atoms with Crippen LogP contribution in [0.1, 0.15) is 117 Å². The molecule has 2 atom stereocenters. The molecule has 0 aliphatic carbocycles. The van der Waals surface area contributed by atoms with Gasteiger partial charge in [-0.3, -0.25) is 4.55 Å². The summed E-state index contributed by atoms with van der Waals surface area (Å²) in [6.07, 6.45) is 16.2. The molecule has 4 nitrogen and oxygen atoms in total. The van der Waals surface area contributed by atoms with Gasteiger partial charge in [0.15, 0.2) is 0 Å². The van der Waals surface area contributed by atoms with Crippen LogP contribution < -0.4 is 0 Å². The fourth-order valence-corrected chi connectivity index (χ4v) is 4.29. The Hall–Kier alpha value is -0.130. The zero-order chi connectivity index (χ0) is 19.0. The first-order chi connectivity index (χ1) is 11.9. The van der Waals surface area contributed by atoms with Crippen LogP contribution in [0.5, 0.6) is 0 Å². The molecule has 152 valence electrons. The fourth-order valence-electron chi connectivity index (χ4n) is 3.36. The average molecular weight is 379 g/mol. The van der Waals surface area contributed by atoms with E-state index in [-0.39, 0.29) is 6.42 Å². The molecule has 2 N–H and O–H groups in total. The van der Waals surface area contributed by atoms with Gasteiger partial charge in [0, 0.05) is 0 Å². The summed E-state index contributed by atoms with van der Waals surface area (Å²) in [5.41, 5.74) is 0. The first-order valence-electron chi connectivity index (χ1n) is 10.6. The molecule has 0 fully saturated rings. The minimum absolute atomic E-state index is 0.157. The number of unbranched alkanes of at least 4 members (excludes halogenated alkanes) is 11. The highest BCUT2D eigenvalue weighted by Crippen LogP contribution is 2.19. The maximum absolute atomic E-state index is 11.4. The summed E-state index contributed by atoms with van der Waals surface area (Å²) in [5, 5.41) is 8.99. The largest absolute Gasteiger partial charge is 0.393 e. The minimum Gasteiger partial charge on any atom is -0.393 e. The van der Waals surface area contributed by atoms with Crippen molar-refractivity contribution in [2.24, 2.45) is 0 Å². The first-order valence-corrected chi connectivity index (χ1v) is 12.1. The monoisotopic (exact) mass is 378 g/mol. The Bertz CT molecular complexity index is 381. The maximum atomic E-state index is 11.4. The van der Waals surface area contributed by atoms with Crippen molar-refractivity contribution in [3.63, 3.8) is 0 Å². The molecule has 0 rings (SSSR count). The highest BCUT2D eigenvalue weighted by Gasteiger charge is 2.25. The SMILES string of the molecule is CCCCCCCCCCCCCCC(CC(O)CCC)S(=O)(=O)O. The Balaban J connectivity index is 3.65. The van der Waals surface area contributed by atoms with Crippen molar-refractivity contribution < 1.29 is 18.1 Å². The Labute approximate surface area is 156 Å². The van der Waals surface area contributed by atoms with Gasteiger partial charge in [0.05, 0.1) is 11.4 Å². The number of aliphatic hydroxyl groups excluding tert-OH is 1. The van der Waals surface area contributed by atoms with E-state index in [9.17, 15) is 18.1 Å². The topological polar surface area (TPSA) is 74.6 Å². The molecular formula is C20H42O4S. The van der Waals surface area contributed by atoms with Crippen molar-refractivity contribution in [1.82, 2.24) is 0 Å². The summed E-state index contributed by atoms with van der Waals surface area (Å²) in [4.78, 5) is 0. The van der Waals surface area contributed by atoms with E-state index in [4.69, 9.17) is 0 Å². The zero-order valence-corrected chi connectivity index (χ0v) is 17.4. The van der Waals surface area contributed by atoms with Crippen molar-refractivity contribution in [1.29, 1.82) is 0 Å². The third-order valence-corrected chi connectivity index (χ3v) is 6.23. The predicted molar refractivity (Wildman–Crippen MR) is 107 cm³/mol. The van der Waals surface area contributed by atoms with Crippen LogP contribution in [0, 0.1) is 0 Å². The highest BCUT2D eigenvalue weighted by molar-refractivity contribution is 7.86. The lowest BCUT2D eigenvalue weighted by Gasteiger charge is -2.17. The number of hydrogen-bond acceptors (Lipinski definition) is 3. The lowest BCUT2D eigenvalue weighted by Crippen LogP contribution is -2.26. The lowest BCUT2D eigenvalue weighted by atomic mass is 10.0. The van der Waals surface area contributed by atoms with Crippen molar-refractivity contribution in [3.05, 3.63) is 0 Å². The van der Waals surface area contributed by atoms with Gasteiger partial charge in [-0.15, -0.1) is 0 Å². The van der Waals surface area contributed by atoms with E-state index < -0.39 is 21.5 Å². The smallest absolute Gasteiger partial charge is 0.267 e. The Kier molecular flexibility index (Phi) is 16.0. The van der Waals surface area contributed by atoms with Gasteiger partial charge in [-0.25, -0.2) is 0 Å². The molecule has 25 heavy (non-hydrogen) atoms. The van der Waals surface area contributed by atoms with Gasteiger partial charge in [0.25, 0.3) is 10.1 Å². The van der Waals surface area contributed by atoms with E-state index in [0.29, 0.717) is 12.8 Å². The molecule has 0 aromatic heterocycles. The summed E-state index contributed by atoms with van der Waals surface area (Å²) in [7, 11) is -4.05. The summed E-state index contributed by atoms with van der Waals surface area (Å²) < 4.78 is 32.2. The third kappa shape index (κ3) is 15.8. The molecule has 5 heteroatoms. The van der Waals surface area contributed by atoms with Gasteiger partial charge < -0.3 is 5.11 Å². The van der Waals surface area contributed by atoms with Crippen LogP contribution >= 0.6 is 0 Å². The first kappa shape index (κ1) is 24.9. The normalized spacial score (nSPS) is 14.6. The van der Waals surface area contributed by atoms with E-state index in [1.807, 2.05) is 6.92 Å². The van der Waals surface area contributed by atoms with Crippen LogP contribution in [-0.4, -0.2) is 29.4 Å². The number of hydrogen-bond donors (Lipinski definition) is 2. The molecule has 0 aliphatic heterocycles. The maximum Gasteiger partial charge on any atom is 0.267 e.